The molecular formula is C13H23F6NO3S. The number of hydrogen-bond donors (Lipinski definition) is 2. The Balaban J connectivity index is 0. The van der Waals surface area contributed by atoms with Crippen LogP contribution in [0, 0.1) is 0 Å². The van der Waals surface area contributed by atoms with Gasteiger partial charge in [-0.3, -0.25) is 8.94 Å². The first-order valence-corrected chi connectivity index (χ1v) is 8.65. The molecule has 4 nitrogen and oxygen atoms in total. The lowest BCUT2D eigenvalue weighted by molar-refractivity contribution is 0.00342. The van der Waals surface area contributed by atoms with Crippen molar-refractivity contribution in [3.63, 3.8) is 0 Å². The van der Waals surface area contributed by atoms with E-state index in [1.807, 2.05) is 0 Å². The fraction of sp³-hybridized carbons (Fsp3) is 0.846. The van der Waals surface area contributed by atoms with Crippen LogP contribution in [0.15, 0.2) is 12.7 Å². The number of nitrogens with two attached hydrogens (primary N) is 1. The van der Waals surface area contributed by atoms with E-state index in [4.69, 9.17) is 10.3 Å². The quantitative estimate of drug-likeness (QED) is 0.247. The fourth-order valence-corrected chi connectivity index (χ4v) is 2.05. The summed E-state index contributed by atoms with van der Waals surface area (Å²) in [5, 5.41) is 0. The summed E-state index contributed by atoms with van der Waals surface area (Å²) in [5.74, 6) is -1.75. The van der Waals surface area contributed by atoms with Gasteiger partial charge in [0.05, 0.1) is 6.67 Å². The number of alkyl halides is 6. The Hall–Kier alpha value is -0.810. The van der Waals surface area contributed by atoms with Gasteiger partial charge in [0.25, 0.3) is 10.1 Å². The van der Waals surface area contributed by atoms with Crippen LogP contribution >= 0.6 is 0 Å². The second-order valence-electron chi connectivity index (χ2n) is 4.82. The first kappa shape index (κ1) is 25.4. The van der Waals surface area contributed by atoms with Gasteiger partial charge in [0.2, 0.25) is 0 Å². The zero-order valence-electron chi connectivity index (χ0n) is 12.9. The zero-order valence-corrected chi connectivity index (χ0v) is 13.7. The van der Waals surface area contributed by atoms with Crippen LogP contribution < -0.4 is 5.73 Å². The van der Waals surface area contributed by atoms with Crippen LogP contribution in [0.3, 0.4) is 0 Å². The molecule has 0 aromatic rings. The normalized spacial score (nSPS) is 17.8. The molecule has 0 rings (SSSR count). The summed E-state index contributed by atoms with van der Waals surface area (Å²) >= 11 is 0. The molecule has 5 unspecified atom stereocenters. The molecule has 0 saturated heterocycles. The van der Waals surface area contributed by atoms with Crippen molar-refractivity contribution in [1.29, 1.82) is 0 Å². The molecule has 0 heterocycles. The molecule has 0 radical (unpaired) electrons. The van der Waals surface area contributed by atoms with Crippen molar-refractivity contribution in [3.8, 4) is 0 Å². The van der Waals surface area contributed by atoms with E-state index in [-0.39, 0.29) is 12.8 Å². The monoisotopic (exact) mass is 387 g/mol. The van der Waals surface area contributed by atoms with Crippen molar-refractivity contribution in [2.24, 2.45) is 5.73 Å². The van der Waals surface area contributed by atoms with Crippen molar-refractivity contribution < 1.29 is 39.3 Å². The van der Waals surface area contributed by atoms with Crippen molar-refractivity contribution in [3.05, 3.63) is 12.7 Å². The molecule has 0 aromatic carbocycles. The molecule has 0 aromatic heterocycles. The topological polar surface area (TPSA) is 80.4 Å². The van der Waals surface area contributed by atoms with Crippen LogP contribution in [0.25, 0.3) is 0 Å². The maximum atomic E-state index is 13.2. The van der Waals surface area contributed by atoms with Gasteiger partial charge < -0.3 is 5.73 Å². The third kappa shape index (κ3) is 12.6. The molecule has 0 aliphatic heterocycles. The van der Waals surface area contributed by atoms with Gasteiger partial charge in [-0.05, 0) is 19.3 Å². The fourth-order valence-electron chi connectivity index (χ4n) is 1.46. The van der Waals surface area contributed by atoms with Gasteiger partial charge in [0, 0.05) is 6.54 Å². The number of hydrogen-bond acceptors (Lipinski definition) is 3. The minimum absolute atomic E-state index is 0.0718. The van der Waals surface area contributed by atoms with Crippen LogP contribution in [-0.4, -0.2) is 62.8 Å². The van der Waals surface area contributed by atoms with E-state index in [1.54, 1.807) is 6.08 Å². The average molecular weight is 387 g/mol. The highest BCUT2D eigenvalue weighted by Gasteiger charge is 2.41. The lowest BCUT2D eigenvalue weighted by Crippen LogP contribution is -2.41. The van der Waals surface area contributed by atoms with E-state index in [1.165, 1.54) is 0 Å². The first-order chi connectivity index (χ1) is 11.0. The predicted molar refractivity (Wildman–Crippen MR) is 80.0 cm³/mol. The van der Waals surface area contributed by atoms with E-state index in [9.17, 15) is 34.8 Å². The molecule has 11 heteroatoms. The van der Waals surface area contributed by atoms with Crippen LogP contribution in [0.4, 0.5) is 26.3 Å². The molecule has 0 fully saturated rings. The molecule has 0 aliphatic carbocycles. The van der Waals surface area contributed by atoms with Crippen LogP contribution in [0.5, 0.6) is 0 Å². The van der Waals surface area contributed by atoms with Gasteiger partial charge in [0.1, 0.15) is 11.9 Å². The lowest BCUT2D eigenvalue weighted by atomic mass is 10.0. The molecule has 0 aliphatic rings. The molecule has 0 spiro atoms. The summed E-state index contributed by atoms with van der Waals surface area (Å²) in [6, 6.07) is 0. The van der Waals surface area contributed by atoms with Gasteiger partial charge in [0.15, 0.2) is 24.7 Å². The summed E-state index contributed by atoms with van der Waals surface area (Å²) in [6.07, 6.45) is -14.0. The van der Waals surface area contributed by atoms with E-state index in [2.05, 4.69) is 6.58 Å². The highest BCUT2D eigenvalue weighted by atomic mass is 32.2. The molecule has 0 saturated carbocycles. The lowest BCUT2D eigenvalue weighted by Gasteiger charge is -2.22. The summed E-state index contributed by atoms with van der Waals surface area (Å²) in [6.45, 7) is 3.17. The Morgan fingerprint density at radius 2 is 1.46 bits per heavy atom. The van der Waals surface area contributed by atoms with Crippen LogP contribution in [0.1, 0.15) is 19.3 Å². The summed E-state index contributed by atoms with van der Waals surface area (Å²) < 4.78 is 106. The second kappa shape index (κ2) is 13.5. The minimum Gasteiger partial charge on any atom is -0.327 e. The van der Waals surface area contributed by atoms with E-state index < -0.39 is 59.8 Å². The largest absolute Gasteiger partial charge is 0.327 e. The molecule has 5 atom stereocenters. The summed E-state index contributed by atoms with van der Waals surface area (Å²) in [5.41, 5.74) is 4.91. The van der Waals surface area contributed by atoms with E-state index >= 15 is 0 Å². The van der Waals surface area contributed by atoms with Crippen molar-refractivity contribution in [2.75, 3.05) is 19.0 Å². The highest BCUT2D eigenvalue weighted by molar-refractivity contribution is 7.85. The third-order valence-corrected chi connectivity index (χ3v) is 3.44. The third-order valence-electron chi connectivity index (χ3n) is 2.70. The minimum atomic E-state index is -4.90. The van der Waals surface area contributed by atoms with Gasteiger partial charge in [-0.1, -0.05) is 6.08 Å². The smallest absolute Gasteiger partial charge is 0.267 e. The molecule has 3 N–H and O–H groups in total. The molecule has 0 amide bonds. The molecule has 146 valence electrons. The van der Waals surface area contributed by atoms with Gasteiger partial charge in [-0.25, -0.2) is 22.0 Å². The Kier molecular flexibility index (Phi) is 14.3. The number of halogens is 6. The first-order valence-electron chi connectivity index (χ1n) is 7.04. The summed E-state index contributed by atoms with van der Waals surface area (Å²) in [4.78, 5) is 0. The predicted octanol–water partition coefficient (Wildman–Crippen LogP) is 2.84. The SMILES string of the molecule is C=CCN.O=S(=O)(O)CC(F)C(F)C(F)C(F)C(F)CCCCF. The Labute approximate surface area is 137 Å². The van der Waals surface area contributed by atoms with Crippen LogP contribution in [0.2, 0.25) is 0 Å². The van der Waals surface area contributed by atoms with E-state index in [0.717, 1.165) is 0 Å². The zero-order chi connectivity index (χ0) is 19.3. The van der Waals surface area contributed by atoms with Crippen molar-refractivity contribution >= 4 is 10.1 Å². The number of unbranched alkanes of at least 4 members (excludes halogenated alkanes) is 1. The second-order valence-corrected chi connectivity index (χ2v) is 6.32. The Morgan fingerprint density at radius 3 is 1.83 bits per heavy atom. The van der Waals surface area contributed by atoms with Gasteiger partial charge >= 0.3 is 0 Å². The van der Waals surface area contributed by atoms with E-state index in [0.29, 0.717) is 6.54 Å². The van der Waals surface area contributed by atoms with Crippen molar-refractivity contribution in [1.82, 2.24) is 0 Å². The van der Waals surface area contributed by atoms with Crippen molar-refractivity contribution in [2.45, 2.75) is 50.1 Å². The maximum Gasteiger partial charge on any atom is 0.267 e. The standard InChI is InChI=1S/C10H16F6O3S.C3H7N/c11-4-2-1-3-6(12)8(14)10(16)9(15)7(13)5-20(17,18)19;1-2-3-4/h6-10H,1-5H2,(H,17,18,19);2H,1,3-4H2. The Morgan fingerprint density at radius 1 is 1.00 bits per heavy atom. The number of rotatable bonds is 11. The highest BCUT2D eigenvalue weighted by Crippen LogP contribution is 2.24. The van der Waals surface area contributed by atoms with Gasteiger partial charge in [-0.2, -0.15) is 8.42 Å². The molecular weight excluding hydrogens is 364 g/mol. The Bertz CT molecular complexity index is 426. The maximum absolute atomic E-state index is 13.2. The molecule has 0 bridgehead atoms. The van der Waals surface area contributed by atoms with Gasteiger partial charge in [-0.15, -0.1) is 6.58 Å². The average Bonchev–Trinajstić information content (AvgIpc) is 2.51. The van der Waals surface area contributed by atoms with Crippen LogP contribution in [-0.2, 0) is 10.1 Å². The molecule has 24 heavy (non-hydrogen) atoms. The summed E-state index contributed by atoms with van der Waals surface area (Å²) in [7, 11) is -4.90.